The zero-order valence-electron chi connectivity index (χ0n) is 20.1. The van der Waals surface area contributed by atoms with Crippen LogP contribution in [0.15, 0.2) is 59.8 Å². The summed E-state index contributed by atoms with van der Waals surface area (Å²) in [6.45, 7) is 5.69. The number of hydrogen-bond acceptors (Lipinski definition) is 6. The van der Waals surface area contributed by atoms with Gasteiger partial charge in [-0.25, -0.2) is 0 Å². The lowest BCUT2D eigenvalue weighted by atomic mass is 9.71. The minimum Gasteiger partial charge on any atom is -0.506 e. The van der Waals surface area contributed by atoms with E-state index in [9.17, 15) is 5.11 Å². The van der Waals surface area contributed by atoms with E-state index in [1.54, 1.807) is 6.07 Å². The average Bonchev–Trinajstić information content (AvgIpc) is 3.25. The van der Waals surface area contributed by atoms with E-state index in [1.165, 1.54) is 45.2 Å². The highest BCUT2D eigenvalue weighted by atomic mass is 32.2. The van der Waals surface area contributed by atoms with E-state index >= 15 is 0 Å². The van der Waals surface area contributed by atoms with Crippen molar-refractivity contribution in [3.63, 3.8) is 0 Å². The Bertz CT molecular complexity index is 1070. The molecule has 3 aromatic rings. The number of likely N-dealkylation sites (tertiary alicyclic amines) is 1. The standard InChI is InChI=1S/C27H35N5OS/c1-30-25(22-8-3-2-4-9-22)28-29-26(30)34-21-7-16-31-17-12-27(13-18-31)14-19-32(20-15-27)23-10-5-6-11-24(23)33/h2-6,8-11,33H,7,12-21H2,1H3. The van der Waals surface area contributed by atoms with Crippen LogP contribution in [0.5, 0.6) is 5.75 Å². The van der Waals surface area contributed by atoms with Gasteiger partial charge in [-0.1, -0.05) is 54.2 Å². The van der Waals surface area contributed by atoms with Crippen molar-refractivity contribution >= 4 is 17.4 Å². The number of aromatic nitrogens is 3. The molecule has 0 aliphatic carbocycles. The highest BCUT2D eigenvalue weighted by Crippen LogP contribution is 2.43. The maximum atomic E-state index is 10.2. The molecule has 0 bridgehead atoms. The van der Waals surface area contributed by atoms with E-state index in [4.69, 9.17) is 0 Å². The van der Waals surface area contributed by atoms with Gasteiger partial charge in [0.1, 0.15) is 5.75 Å². The predicted molar refractivity (Wildman–Crippen MR) is 139 cm³/mol. The number of phenols is 1. The zero-order chi connectivity index (χ0) is 23.4. The first-order valence-electron chi connectivity index (χ1n) is 12.5. The molecule has 34 heavy (non-hydrogen) atoms. The molecule has 5 rings (SSSR count). The Hall–Kier alpha value is -2.51. The molecular weight excluding hydrogens is 442 g/mol. The van der Waals surface area contributed by atoms with Crippen LogP contribution in [0.25, 0.3) is 11.4 Å². The summed E-state index contributed by atoms with van der Waals surface area (Å²) in [7, 11) is 2.05. The summed E-state index contributed by atoms with van der Waals surface area (Å²) in [5.41, 5.74) is 2.60. The van der Waals surface area contributed by atoms with Gasteiger partial charge in [-0.15, -0.1) is 10.2 Å². The molecule has 2 aromatic carbocycles. The number of anilines is 1. The van der Waals surface area contributed by atoms with Crippen LogP contribution in [0.3, 0.4) is 0 Å². The number of thioether (sulfide) groups is 1. The Kier molecular flexibility index (Phi) is 7.11. The van der Waals surface area contributed by atoms with E-state index in [1.807, 2.05) is 48.2 Å². The Morgan fingerprint density at radius 1 is 0.882 bits per heavy atom. The van der Waals surface area contributed by atoms with Crippen LogP contribution in [0.2, 0.25) is 0 Å². The van der Waals surface area contributed by atoms with E-state index in [2.05, 4.69) is 43.7 Å². The van der Waals surface area contributed by atoms with Crippen LogP contribution in [-0.4, -0.2) is 63.2 Å². The number of rotatable bonds is 7. The Labute approximate surface area is 207 Å². The molecule has 0 radical (unpaired) electrons. The molecule has 0 unspecified atom stereocenters. The normalized spacial score (nSPS) is 18.4. The molecule has 0 atom stereocenters. The van der Waals surface area contributed by atoms with Crippen molar-refractivity contribution in [1.82, 2.24) is 19.7 Å². The van der Waals surface area contributed by atoms with Crippen molar-refractivity contribution in [3.05, 3.63) is 54.6 Å². The van der Waals surface area contributed by atoms with Gasteiger partial charge < -0.3 is 19.5 Å². The molecule has 2 fully saturated rings. The van der Waals surface area contributed by atoms with Gasteiger partial charge in [-0.3, -0.25) is 0 Å². The number of nitrogens with zero attached hydrogens (tertiary/aromatic N) is 5. The Morgan fingerprint density at radius 3 is 2.29 bits per heavy atom. The number of benzene rings is 2. The largest absolute Gasteiger partial charge is 0.506 e. The average molecular weight is 478 g/mol. The summed E-state index contributed by atoms with van der Waals surface area (Å²) < 4.78 is 2.10. The summed E-state index contributed by atoms with van der Waals surface area (Å²) >= 11 is 1.81. The third-order valence-corrected chi connectivity index (χ3v) is 8.79. The van der Waals surface area contributed by atoms with Crippen molar-refractivity contribution in [1.29, 1.82) is 0 Å². The van der Waals surface area contributed by atoms with Gasteiger partial charge in [0.05, 0.1) is 5.69 Å². The second kappa shape index (κ2) is 10.4. The molecule has 1 aromatic heterocycles. The second-order valence-electron chi connectivity index (χ2n) is 9.75. The van der Waals surface area contributed by atoms with Gasteiger partial charge in [0, 0.05) is 31.5 Å². The van der Waals surface area contributed by atoms with Gasteiger partial charge in [0.15, 0.2) is 11.0 Å². The molecule has 2 aliphatic heterocycles. The number of aromatic hydroxyl groups is 1. The van der Waals surface area contributed by atoms with Crippen molar-refractivity contribution in [2.45, 2.75) is 37.3 Å². The smallest absolute Gasteiger partial charge is 0.191 e. The highest BCUT2D eigenvalue weighted by Gasteiger charge is 2.37. The summed E-state index contributed by atoms with van der Waals surface area (Å²) in [4.78, 5) is 5.01. The molecule has 1 spiro atoms. The molecular formula is C27H35N5OS. The third kappa shape index (κ3) is 5.10. The molecule has 1 N–H and O–H groups in total. The number of piperidine rings is 2. The van der Waals surface area contributed by atoms with Crippen molar-refractivity contribution < 1.29 is 5.11 Å². The van der Waals surface area contributed by atoms with Crippen LogP contribution < -0.4 is 4.90 Å². The fourth-order valence-electron chi connectivity index (χ4n) is 5.44. The molecule has 0 saturated carbocycles. The number of hydrogen-bond donors (Lipinski definition) is 1. The Balaban J connectivity index is 1.04. The molecule has 0 amide bonds. The Morgan fingerprint density at radius 2 is 1.56 bits per heavy atom. The first-order chi connectivity index (χ1) is 16.6. The predicted octanol–water partition coefficient (Wildman–Crippen LogP) is 5.05. The summed E-state index contributed by atoms with van der Waals surface area (Å²) in [6, 6.07) is 18.0. The van der Waals surface area contributed by atoms with Crippen molar-refractivity contribution in [3.8, 4) is 17.1 Å². The zero-order valence-corrected chi connectivity index (χ0v) is 20.9. The fraction of sp³-hybridized carbons (Fsp3) is 0.481. The van der Waals surface area contributed by atoms with Gasteiger partial charge in [0.25, 0.3) is 0 Å². The molecule has 7 heteroatoms. The van der Waals surface area contributed by atoms with Crippen LogP contribution in [0, 0.1) is 5.41 Å². The van der Waals surface area contributed by atoms with Crippen molar-refractivity contribution in [2.75, 3.05) is 43.4 Å². The quantitative estimate of drug-likeness (QED) is 0.380. The summed E-state index contributed by atoms with van der Waals surface area (Å²) in [5.74, 6) is 2.40. The third-order valence-electron chi connectivity index (χ3n) is 7.68. The van der Waals surface area contributed by atoms with E-state index in [0.717, 1.165) is 47.6 Å². The van der Waals surface area contributed by atoms with Crippen LogP contribution in [0.1, 0.15) is 32.1 Å². The van der Waals surface area contributed by atoms with Crippen LogP contribution >= 0.6 is 11.8 Å². The topological polar surface area (TPSA) is 57.4 Å². The fourth-order valence-corrected chi connectivity index (χ4v) is 6.27. The van der Waals surface area contributed by atoms with E-state index < -0.39 is 0 Å². The van der Waals surface area contributed by atoms with Gasteiger partial charge in [0.2, 0.25) is 0 Å². The molecule has 6 nitrogen and oxygen atoms in total. The van der Waals surface area contributed by atoms with E-state index in [-0.39, 0.29) is 0 Å². The lowest BCUT2D eigenvalue weighted by Crippen LogP contribution is -2.47. The lowest BCUT2D eigenvalue weighted by Gasteiger charge is -2.47. The van der Waals surface area contributed by atoms with Gasteiger partial charge >= 0.3 is 0 Å². The van der Waals surface area contributed by atoms with Gasteiger partial charge in [-0.2, -0.15) is 0 Å². The minimum atomic E-state index is 0.406. The maximum absolute atomic E-state index is 10.2. The van der Waals surface area contributed by atoms with Gasteiger partial charge in [-0.05, 0) is 69.3 Å². The number of para-hydroxylation sites is 2. The summed E-state index contributed by atoms with van der Waals surface area (Å²) in [6.07, 6.45) is 6.26. The van der Waals surface area contributed by atoms with Crippen LogP contribution in [-0.2, 0) is 7.05 Å². The molecule has 2 saturated heterocycles. The monoisotopic (exact) mass is 477 g/mol. The first kappa shape index (κ1) is 23.2. The first-order valence-corrected chi connectivity index (χ1v) is 13.5. The molecule has 3 heterocycles. The van der Waals surface area contributed by atoms with Crippen LogP contribution in [0.4, 0.5) is 5.69 Å². The summed E-state index contributed by atoms with van der Waals surface area (Å²) in [5, 5.41) is 20.0. The second-order valence-corrected chi connectivity index (χ2v) is 10.8. The van der Waals surface area contributed by atoms with Crippen molar-refractivity contribution in [2.24, 2.45) is 12.5 Å². The molecule has 180 valence electrons. The van der Waals surface area contributed by atoms with E-state index in [0.29, 0.717) is 11.2 Å². The molecule has 2 aliphatic rings. The SMILES string of the molecule is Cn1c(SCCCN2CCC3(CC2)CCN(c2ccccc2O)CC3)nnc1-c1ccccc1. The minimum absolute atomic E-state index is 0.406. The highest BCUT2D eigenvalue weighted by molar-refractivity contribution is 7.99. The maximum Gasteiger partial charge on any atom is 0.191 e. The lowest BCUT2D eigenvalue weighted by molar-refractivity contribution is 0.0801. The number of phenolic OH excluding ortho intramolecular Hbond substituents is 1.